The summed E-state index contributed by atoms with van der Waals surface area (Å²) < 4.78 is 30.7. The number of sulfonamides is 1. The van der Waals surface area contributed by atoms with Gasteiger partial charge < -0.3 is 10.1 Å². The fourth-order valence-electron chi connectivity index (χ4n) is 2.89. The minimum absolute atomic E-state index is 0.181. The number of ether oxygens (including phenoxy) is 1. The number of carbonyl (C=O) groups excluding carboxylic acids is 1. The molecule has 0 spiro atoms. The van der Waals surface area contributed by atoms with Crippen molar-refractivity contribution in [1.82, 2.24) is 0 Å². The maximum absolute atomic E-state index is 12.4. The zero-order valence-electron chi connectivity index (χ0n) is 14.2. The fraction of sp³-hybridized carbons (Fsp3) is 0.278. The largest absolute Gasteiger partial charge is 0.497 e. The summed E-state index contributed by atoms with van der Waals surface area (Å²) in [6.07, 6.45) is 0.635. The average Bonchev–Trinajstić information content (AvgIpc) is 2.94. The van der Waals surface area contributed by atoms with E-state index in [2.05, 4.69) is 5.32 Å². The number of hydrogen-bond donors (Lipinski definition) is 1. The summed E-state index contributed by atoms with van der Waals surface area (Å²) in [5.41, 5.74) is 2.57. The molecule has 0 atom stereocenters. The van der Waals surface area contributed by atoms with Crippen molar-refractivity contribution in [3.8, 4) is 5.75 Å². The minimum atomic E-state index is -3.22. The second-order valence-electron chi connectivity index (χ2n) is 5.93. The predicted molar refractivity (Wildman–Crippen MR) is 97.9 cm³/mol. The van der Waals surface area contributed by atoms with Gasteiger partial charge in [0.15, 0.2) is 0 Å². The summed E-state index contributed by atoms with van der Waals surface area (Å²) >= 11 is 0. The molecule has 1 N–H and O–H groups in total. The zero-order valence-corrected chi connectivity index (χ0v) is 15.0. The van der Waals surface area contributed by atoms with E-state index in [1.54, 1.807) is 49.6 Å². The Labute approximate surface area is 147 Å². The highest BCUT2D eigenvalue weighted by Crippen LogP contribution is 2.29. The first kappa shape index (κ1) is 17.3. The Balaban J connectivity index is 1.80. The molecule has 2 aromatic rings. The number of nitrogens with one attached hydrogen (secondary N) is 1. The summed E-state index contributed by atoms with van der Waals surface area (Å²) in [4.78, 5) is 12.4. The van der Waals surface area contributed by atoms with Crippen LogP contribution in [-0.4, -0.2) is 33.7 Å². The standard InChI is InChI=1S/C18H20N2O4S/c1-13-11-15(7-8-17(13)20-9-4-10-25(20,22)23)19-18(21)14-5-3-6-16(12-14)24-2/h3,5-8,11-12H,4,9-10H2,1-2H3,(H,19,21). The van der Waals surface area contributed by atoms with E-state index in [0.717, 1.165) is 5.56 Å². The Bertz CT molecular complexity index is 909. The van der Waals surface area contributed by atoms with Crippen molar-refractivity contribution in [3.05, 3.63) is 53.6 Å². The number of carbonyl (C=O) groups is 1. The van der Waals surface area contributed by atoms with E-state index < -0.39 is 10.0 Å². The molecule has 6 nitrogen and oxygen atoms in total. The van der Waals surface area contributed by atoms with Crippen LogP contribution in [0.1, 0.15) is 22.3 Å². The number of anilines is 2. The third-order valence-electron chi connectivity index (χ3n) is 4.15. The molecule has 1 fully saturated rings. The summed E-state index contributed by atoms with van der Waals surface area (Å²) in [6.45, 7) is 2.34. The Morgan fingerprint density at radius 3 is 2.64 bits per heavy atom. The molecule has 132 valence electrons. The van der Waals surface area contributed by atoms with Crippen molar-refractivity contribution < 1.29 is 17.9 Å². The quantitative estimate of drug-likeness (QED) is 0.910. The van der Waals surface area contributed by atoms with Crippen LogP contribution in [0.25, 0.3) is 0 Å². The first-order valence-corrected chi connectivity index (χ1v) is 9.58. The maximum atomic E-state index is 12.4. The Morgan fingerprint density at radius 1 is 1.20 bits per heavy atom. The van der Waals surface area contributed by atoms with Gasteiger partial charge in [-0.15, -0.1) is 0 Å². The predicted octanol–water partition coefficient (Wildman–Crippen LogP) is 2.80. The van der Waals surface area contributed by atoms with Crippen molar-refractivity contribution in [1.29, 1.82) is 0 Å². The highest BCUT2D eigenvalue weighted by molar-refractivity contribution is 7.93. The fourth-order valence-corrected chi connectivity index (χ4v) is 4.52. The van der Waals surface area contributed by atoms with E-state index in [-0.39, 0.29) is 11.7 Å². The van der Waals surface area contributed by atoms with Crippen LogP contribution in [0.4, 0.5) is 11.4 Å². The number of nitrogens with zero attached hydrogens (tertiary/aromatic N) is 1. The molecule has 0 bridgehead atoms. The van der Waals surface area contributed by atoms with Crippen LogP contribution in [-0.2, 0) is 10.0 Å². The van der Waals surface area contributed by atoms with Gasteiger partial charge in [0.2, 0.25) is 10.0 Å². The second-order valence-corrected chi connectivity index (χ2v) is 7.94. The molecule has 0 unspecified atom stereocenters. The van der Waals surface area contributed by atoms with Gasteiger partial charge in [-0.2, -0.15) is 0 Å². The number of aryl methyl sites for hydroxylation is 1. The second kappa shape index (κ2) is 6.76. The molecule has 7 heteroatoms. The highest BCUT2D eigenvalue weighted by atomic mass is 32.2. The summed E-state index contributed by atoms with van der Waals surface area (Å²) in [5, 5.41) is 2.83. The maximum Gasteiger partial charge on any atom is 0.255 e. The molecule has 1 heterocycles. The van der Waals surface area contributed by atoms with Gasteiger partial charge in [-0.3, -0.25) is 9.10 Å². The average molecular weight is 360 g/mol. The van der Waals surface area contributed by atoms with E-state index in [9.17, 15) is 13.2 Å². The Kier molecular flexibility index (Phi) is 4.67. The molecule has 0 aliphatic carbocycles. The van der Waals surface area contributed by atoms with E-state index in [1.165, 1.54) is 4.31 Å². The third-order valence-corrected chi connectivity index (χ3v) is 6.01. The highest BCUT2D eigenvalue weighted by Gasteiger charge is 2.29. The lowest BCUT2D eigenvalue weighted by atomic mass is 10.1. The summed E-state index contributed by atoms with van der Waals surface area (Å²) in [5.74, 6) is 0.541. The molecule has 0 aromatic heterocycles. The topological polar surface area (TPSA) is 75.7 Å². The number of hydrogen-bond acceptors (Lipinski definition) is 4. The van der Waals surface area contributed by atoms with Gasteiger partial charge in [-0.05, 0) is 55.3 Å². The lowest BCUT2D eigenvalue weighted by Crippen LogP contribution is -2.25. The summed E-state index contributed by atoms with van der Waals surface area (Å²) in [6, 6.07) is 12.1. The number of methoxy groups -OCH3 is 1. The smallest absolute Gasteiger partial charge is 0.255 e. The van der Waals surface area contributed by atoms with Crippen LogP contribution >= 0.6 is 0 Å². The normalized spacial score (nSPS) is 15.8. The lowest BCUT2D eigenvalue weighted by molar-refractivity contribution is 0.102. The van der Waals surface area contributed by atoms with E-state index in [0.29, 0.717) is 35.7 Å². The minimum Gasteiger partial charge on any atom is -0.497 e. The van der Waals surface area contributed by atoms with Crippen LogP contribution in [0.3, 0.4) is 0 Å². The first-order chi connectivity index (χ1) is 11.9. The van der Waals surface area contributed by atoms with Crippen LogP contribution in [0.15, 0.2) is 42.5 Å². The Hall–Kier alpha value is -2.54. The molecule has 3 rings (SSSR count). The van der Waals surface area contributed by atoms with Gasteiger partial charge in [0.05, 0.1) is 18.6 Å². The van der Waals surface area contributed by atoms with E-state index >= 15 is 0 Å². The lowest BCUT2D eigenvalue weighted by Gasteiger charge is -2.20. The number of benzene rings is 2. The molecule has 1 saturated heterocycles. The van der Waals surface area contributed by atoms with Crippen molar-refractivity contribution in [2.75, 3.05) is 29.0 Å². The van der Waals surface area contributed by atoms with Crippen LogP contribution in [0.5, 0.6) is 5.75 Å². The molecule has 1 amide bonds. The molecule has 1 aliphatic heterocycles. The summed E-state index contributed by atoms with van der Waals surface area (Å²) in [7, 11) is -1.67. The molecular weight excluding hydrogens is 340 g/mol. The van der Waals surface area contributed by atoms with Gasteiger partial charge in [-0.25, -0.2) is 8.42 Å². The van der Waals surface area contributed by atoms with E-state index in [1.807, 2.05) is 6.92 Å². The van der Waals surface area contributed by atoms with Gasteiger partial charge >= 0.3 is 0 Å². The van der Waals surface area contributed by atoms with Crippen molar-refractivity contribution >= 4 is 27.3 Å². The molecule has 0 radical (unpaired) electrons. The first-order valence-electron chi connectivity index (χ1n) is 7.97. The Morgan fingerprint density at radius 2 is 2.00 bits per heavy atom. The van der Waals surface area contributed by atoms with Crippen LogP contribution in [0, 0.1) is 6.92 Å². The third kappa shape index (κ3) is 3.61. The van der Waals surface area contributed by atoms with Crippen molar-refractivity contribution in [2.45, 2.75) is 13.3 Å². The van der Waals surface area contributed by atoms with Gasteiger partial charge in [0.1, 0.15) is 5.75 Å². The van der Waals surface area contributed by atoms with Crippen LogP contribution < -0.4 is 14.4 Å². The van der Waals surface area contributed by atoms with E-state index in [4.69, 9.17) is 4.74 Å². The molecule has 25 heavy (non-hydrogen) atoms. The zero-order chi connectivity index (χ0) is 18.0. The molecule has 2 aromatic carbocycles. The molecular formula is C18H20N2O4S. The molecule has 0 saturated carbocycles. The monoisotopic (exact) mass is 360 g/mol. The number of rotatable bonds is 4. The van der Waals surface area contributed by atoms with Crippen molar-refractivity contribution in [3.63, 3.8) is 0 Å². The van der Waals surface area contributed by atoms with Gasteiger partial charge in [0.25, 0.3) is 5.91 Å². The number of amides is 1. The molecule has 1 aliphatic rings. The van der Waals surface area contributed by atoms with Crippen LogP contribution in [0.2, 0.25) is 0 Å². The van der Waals surface area contributed by atoms with Crippen molar-refractivity contribution in [2.24, 2.45) is 0 Å². The van der Waals surface area contributed by atoms with Gasteiger partial charge in [-0.1, -0.05) is 6.07 Å². The SMILES string of the molecule is COc1cccc(C(=O)Nc2ccc(N3CCCS3(=O)=O)c(C)c2)c1. The van der Waals surface area contributed by atoms with Gasteiger partial charge in [0, 0.05) is 17.8 Å².